The summed E-state index contributed by atoms with van der Waals surface area (Å²) in [6.45, 7) is 0.813. The lowest BCUT2D eigenvalue weighted by Gasteiger charge is -2.37. The molecule has 1 saturated heterocycles. The molecule has 0 N–H and O–H groups in total. The molecule has 6 nitrogen and oxygen atoms in total. The summed E-state index contributed by atoms with van der Waals surface area (Å²) >= 11 is 1.47. The number of carbonyl (C=O) groups is 1. The molecule has 1 fully saturated rings. The highest BCUT2D eigenvalue weighted by molar-refractivity contribution is 7.16. The molecule has 1 aliphatic rings. The van der Waals surface area contributed by atoms with E-state index >= 15 is 0 Å². The third kappa shape index (κ3) is 3.32. The van der Waals surface area contributed by atoms with E-state index in [1.54, 1.807) is 16.5 Å². The zero-order chi connectivity index (χ0) is 20.9. The summed E-state index contributed by atoms with van der Waals surface area (Å²) in [7, 11) is 0. The summed E-state index contributed by atoms with van der Waals surface area (Å²) in [6, 6.07) is 10.2. The maximum Gasteiger partial charge on any atom is 0.416 e. The highest BCUT2D eigenvalue weighted by Crippen LogP contribution is 2.33. The van der Waals surface area contributed by atoms with Gasteiger partial charge in [0.15, 0.2) is 0 Å². The van der Waals surface area contributed by atoms with Crippen molar-refractivity contribution in [3.63, 3.8) is 0 Å². The highest BCUT2D eigenvalue weighted by atomic mass is 32.1. The lowest BCUT2D eigenvalue weighted by molar-refractivity contribution is -0.137. The predicted octanol–water partition coefficient (Wildman–Crippen LogP) is 4.60. The van der Waals surface area contributed by atoms with Crippen LogP contribution in [0.25, 0.3) is 21.6 Å². The van der Waals surface area contributed by atoms with Crippen molar-refractivity contribution in [2.24, 2.45) is 0 Å². The average molecular weight is 430 g/mol. The Labute approximate surface area is 172 Å². The third-order valence-corrected chi connectivity index (χ3v) is 5.78. The fourth-order valence-corrected chi connectivity index (χ4v) is 4.04. The number of fused-ring (bicyclic) bond motifs is 1. The van der Waals surface area contributed by atoms with Crippen LogP contribution in [-0.2, 0) is 6.18 Å². The monoisotopic (exact) mass is 430 g/mol. The number of amides is 1. The Balaban J connectivity index is 1.28. The van der Waals surface area contributed by atoms with Gasteiger partial charge >= 0.3 is 6.18 Å². The number of benzene rings is 2. The van der Waals surface area contributed by atoms with Crippen LogP contribution in [0.1, 0.15) is 27.7 Å². The number of hydrogen-bond acceptors (Lipinski definition) is 6. The number of alkyl halides is 3. The molecule has 2 aromatic heterocycles. The van der Waals surface area contributed by atoms with Gasteiger partial charge < -0.3 is 9.42 Å². The molecule has 4 aromatic rings. The summed E-state index contributed by atoms with van der Waals surface area (Å²) in [5.41, 5.74) is 2.62. The zero-order valence-electron chi connectivity index (χ0n) is 15.3. The Morgan fingerprint density at radius 3 is 2.80 bits per heavy atom. The smallest absolute Gasteiger partial charge is 0.339 e. The fourth-order valence-electron chi connectivity index (χ4n) is 3.32. The van der Waals surface area contributed by atoms with Gasteiger partial charge in [-0.1, -0.05) is 17.3 Å². The molecule has 0 bridgehead atoms. The minimum Gasteiger partial charge on any atom is -0.339 e. The molecule has 0 atom stereocenters. The first-order valence-electron chi connectivity index (χ1n) is 9.02. The average Bonchev–Trinajstić information content (AvgIpc) is 3.35. The van der Waals surface area contributed by atoms with Crippen LogP contribution in [0.5, 0.6) is 0 Å². The van der Waals surface area contributed by atoms with Gasteiger partial charge in [-0.15, -0.1) is 11.3 Å². The van der Waals surface area contributed by atoms with E-state index in [-0.39, 0.29) is 23.2 Å². The number of halogens is 3. The van der Waals surface area contributed by atoms with Crippen LogP contribution in [0.15, 0.2) is 52.5 Å². The van der Waals surface area contributed by atoms with Crippen LogP contribution < -0.4 is 0 Å². The number of nitrogens with zero attached hydrogens (tertiary/aromatic N) is 4. The maximum absolute atomic E-state index is 12.9. The fraction of sp³-hybridized carbons (Fsp3) is 0.200. The third-order valence-electron chi connectivity index (χ3n) is 4.99. The summed E-state index contributed by atoms with van der Waals surface area (Å²) in [6.07, 6.45) is -4.44. The highest BCUT2D eigenvalue weighted by Gasteiger charge is 2.36. The van der Waals surface area contributed by atoms with Gasteiger partial charge in [0.05, 0.1) is 27.2 Å². The molecule has 152 valence electrons. The van der Waals surface area contributed by atoms with Crippen molar-refractivity contribution in [3.05, 3.63) is 65.0 Å². The van der Waals surface area contributed by atoms with E-state index in [4.69, 9.17) is 4.52 Å². The van der Waals surface area contributed by atoms with Crippen LogP contribution in [0, 0.1) is 0 Å². The van der Waals surface area contributed by atoms with Crippen molar-refractivity contribution in [1.29, 1.82) is 0 Å². The Hall–Kier alpha value is -3.27. The molecule has 0 spiro atoms. The van der Waals surface area contributed by atoms with E-state index in [1.807, 2.05) is 12.1 Å². The quantitative estimate of drug-likeness (QED) is 0.475. The van der Waals surface area contributed by atoms with Gasteiger partial charge in [-0.2, -0.15) is 18.2 Å². The molecule has 0 aliphatic carbocycles. The molecule has 2 aromatic carbocycles. The van der Waals surface area contributed by atoms with Crippen LogP contribution in [0.2, 0.25) is 0 Å². The maximum atomic E-state index is 12.9. The minimum absolute atomic E-state index is 0.0940. The molecule has 1 amide bonds. The van der Waals surface area contributed by atoms with Crippen LogP contribution >= 0.6 is 11.3 Å². The minimum atomic E-state index is -4.44. The van der Waals surface area contributed by atoms with E-state index in [2.05, 4.69) is 15.1 Å². The van der Waals surface area contributed by atoms with Crippen LogP contribution in [-0.4, -0.2) is 39.0 Å². The lowest BCUT2D eigenvalue weighted by atomic mass is 9.98. The zero-order valence-corrected chi connectivity index (χ0v) is 16.1. The van der Waals surface area contributed by atoms with E-state index in [9.17, 15) is 18.0 Å². The molecule has 0 saturated carbocycles. The normalized spacial score (nSPS) is 14.8. The predicted molar refractivity (Wildman–Crippen MR) is 103 cm³/mol. The van der Waals surface area contributed by atoms with Crippen molar-refractivity contribution in [2.45, 2.75) is 12.1 Å². The number of rotatable bonds is 3. The Morgan fingerprint density at radius 2 is 2.00 bits per heavy atom. The molecular formula is C20H13F3N4O2S. The second-order valence-corrected chi connectivity index (χ2v) is 7.86. The van der Waals surface area contributed by atoms with Gasteiger partial charge in [0, 0.05) is 24.2 Å². The van der Waals surface area contributed by atoms with Crippen molar-refractivity contribution >= 4 is 27.5 Å². The molecule has 5 rings (SSSR count). The molecule has 30 heavy (non-hydrogen) atoms. The van der Waals surface area contributed by atoms with Gasteiger partial charge in [0.25, 0.3) is 5.91 Å². The topological polar surface area (TPSA) is 72.1 Å². The molecule has 10 heteroatoms. The largest absolute Gasteiger partial charge is 0.416 e. The Morgan fingerprint density at radius 1 is 1.17 bits per heavy atom. The molecule has 1 aliphatic heterocycles. The van der Waals surface area contributed by atoms with Crippen LogP contribution in [0.4, 0.5) is 13.2 Å². The molecular weight excluding hydrogens is 417 g/mol. The summed E-state index contributed by atoms with van der Waals surface area (Å²) in [5, 5.41) is 3.81. The molecule has 0 radical (unpaired) electrons. The van der Waals surface area contributed by atoms with Crippen molar-refractivity contribution in [1.82, 2.24) is 20.0 Å². The number of hydrogen-bond donors (Lipinski definition) is 0. The first-order valence-corrected chi connectivity index (χ1v) is 9.90. The van der Waals surface area contributed by atoms with Crippen LogP contribution in [0.3, 0.4) is 0 Å². The van der Waals surface area contributed by atoms with E-state index in [0.29, 0.717) is 24.5 Å². The number of aromatic nitrogens is 3. The van der Waals surface area contributed by atoms with Crippen molar-refractivity contribution in [3.8, 4) is 11.4 Å². The van der Waals surface area contributed by atoms with Crippen molar-refractivity contribution in [2.75, 3.05) is 13.1 Å². The van der Waals surface area contributed by atoms with E-state index in [1.165, 1.54) is 23.5 Å². The summed E-state index contributed by atoms with van der Waals surface area (Å²) < 4.78 is 44.9. The van der Waals surface area contributed by atoms with E-state index in [0.717, 1.165) is 22.3 Å². The van der Waals surface area contributed by atoms with Gasteiger partial charge in [0.2, 0.25) is 11.7 Å². The Bertz CT molecular complexity index is 1240. The first-order chi connectivity index (χ1) is 14.4. The van der Waals surface area contributed by atoms with Gasteiger partial charge in [-0.05, 0) is 30.3 Å². The Kier molecular flexibility index (Phi) is 4.31. The number of thiazole rings is 1. The van der Waals surface area contributed by atoms with Gasteiger partial charge in [0.1, 0.15) is 0 Å². The summed E-state index contributed by atoms with van der Waals surface area (Å²) in [5.74, 6) is 0.160. The van der Waals surface area contributed by atoms with E-state index < -0.39 is 11.7 Å². The molecule has 3 heterocycles. The standard InChI is InChI=1S/C20H13F3N4O2S/c21-20(22,23)14-3-1-2-11(6-14)17-25-18(29-26-17)13-8-27(9-13)19(28)12-4-5-15-16(7-12)30-10-24-15/h1-7,10,13H,8-9H2. The van der Waals surface area contributed by atoms with Crippen molar-refractivity contribution < 1.29 is 22.5 Å². The van der Waals surface area contributed by atoms with Gasteiger partial charge in [-0.25, -0.2) is 4.98 Å². The SMILES string of the molecule is O=C(c1ccc2ncsc2c1)N1CC(c2nc(-c3cccc(C(F)(F)F)c3)no2)C1. The van der Waals surface area contributed by atoms with Gasteiger partial charge in [-0.3, -0.25) is 4.79 Å². The number of likely N-dealkylation sites (tertiary alicyclic amines) is 1. The second-order valence-electron chi connectivity index (χ2n) is 6.98. The lowest BCUT2D eigenvalue weighted by Crippen LogP contribution is -2.48. The first kappa shape index (κ1) is 18.7. The number of carbonyl (C=O) groups excluding carboxylic acids is 1. The molecule has 0 unspecified atom stereocenters. The summed E-state index contributed by atoms with van der Waals surface area (Å²) in [4.78, 5) is 22.8. The second kappa shape index (κ2) is 6.91.